The second-order valence-electron chi connectivity index (χ2n) is 3.30. The lowest BCUT2D eigenvalue weighted by Gasteiger charge is -2.12. The fourth-order valence-corrected chi connectivity index (χ4v) is 1.80. The van der Waals surface area contributed by atoms with E-state index in [9.17, 15) is 5.11 Å². The minimum atomic E-state index is -0.757. The van der Waals surface area contributed by atoms with Crippen LogP contribution in [0.1, 0.15) is 11.7 Å². The van der Waals surface area contributed by atoms with Crippen LogP contribution < -0.4 is 0 Å². The van der Waals surface area contributed by atoms with Gasteiger partial charge < -0.3 is 5.11 Å². The molecule has 2 aromatic rings. The Hall–Kier alpha value is -1.10. The third-order valence-corrected chi connectivity index (χ3v) is 2.72. The fraction of sp³-hybridized carbons (Fsp3) is 0.200. The smallest absolute Gasteiger partial charge is 0.137 e. The first kappa shape index (κ1) is 11.4. The van der Waals surface area contributed by atoms with Crippen molar-refractivity contribution in [2.45, 2.75) is 12.6 Å². The Labute approximate surface area is 102 Å². The summed E-state index contributed by atoms with van der Waals surface area (Å²) in [5, 5.41) is 14.9. The van der Waals surface area contributed by atoms with Crippen molar-refractivity contribution < 1.29 is 5.11 Å². The zero-order valence-electron chi connectivity index (χ0n) is 8.22. The van der Waals surface area contributed by atoms with Crippen molar-refractivity contribution in [1.29, 1.82) is 0 Å². The van der Waals surface area contributed by atoms with Gasteiger partial charge in [0.25, 0.3) is 0 Å². The molecule has 1 unspecified atom stereocenters. The van der Waals surface area contributed by atoms with Gasteiger partial charge in [0, 0.05) is 15.6 Å². The standard InChI is InChI=1S/C10H9Cl2N3O/c11-7-1-2-9(12)8(3-7)10(16)4-15-6-13-5-14-15/h1-3,5-6,10,16H,4H2. The van der Waals surface area contributed by atoms with Gasteiger partial charge in [-0.3, -0.25) is 4.68 Å². The lowest BCUT2D eigenvalue weighted by Crippen LogP contribution is -2.09. The van der Waals surface area contributed by atoms with Gasteiger partial charge in [0.1, 0.15) is 18.8 Å². The van der Waals surface area contributed by atoms with Gasteiger partial charge in [-0.25, -0.2) is 4.98 Å². The lowest BCUT2D eigenvalue weighted by molar-refractivity contribution is 0.151. The maximum absolute atomic E-state index is 9.97. The highest BCUT2D eigenvalue weighted by atomic mass is 35.5. The summed E-state index contributed by atoms with van der Waals surface area (Å²) >= 11 is 11.8. The summed E-state index contributed by atoms with van der Waals surface area (Å²) in [6.07, 6.45) is 2.18. The number of benzene rings is 1. The number of halogens is 2. The topological polar surface area (TPSA) is 50.9 Å². The molecule has 0 saturated heterocycles. The molecule has 0 fully saturated rings. The van der Waals surface area contributed by atoms with Gasteiger partial charge in [0.05, 0.1) is 6.54 Å². The van der Waals surface area contributed by atoms with Crippen LogP contribution in [-0.4, -0.2) is 19.9 Å². The molecule has 84 valence electrons. The van der Waals surface area contributed by atoms with Crippen molar-refractivity contribution in [2.24, 2.45) is 0 Å². The van der Waals surface area contributed by atoms with Crippen LogP contribution in [0.25, 0.3) is 0 Å². The van der Waals surface area contributed by atoms with Crippen LogP contribution in [0.4, 0.5) is 0 Å². The molecule has 6 heteroatoms. The molecule has 1 N–H and O–H groups in total. The fourth-order valence-electron chi connectivity index (χ4n) is 1.37. The van der Waals surface area contributed by atoms with Gasteiger partial charge >= 0.3 is 0 Å². The van der Waals surface area contributed by atoms with Crippen LogP contribution in [0, 0.1) is 0 Å². The highest BCUT2D eigenvalue weighted by molar-refractivity contribution is 6.33. The second kappa shape index (κ2) is 4.82. The summed E-state index contributed by atoms with van der Waals surface area (Å²) in [5.41, 5.74) is 0.588. The van der Waals surface area contributed by atoms with E-state index in [1.54, 1.807) is 18.2 Å². The molecule has 0 spiro atoms. The summed E-state index contributed by atoms with van der Waals surface area (Å²) in [7, 11) is 0. The predicted molar refractivity (Wildman–Crippen MR) is 61.4 cm³/mol. The number of hydrogen-bond acceptors (Lipinski definition) is 3. The van der Waals surface area contributed by atoms with E-state index in [0.29, 0.717) is 22.2 Å². The van der Waals surface area contributed by atoms with Gasteiger partial charge in [-0.15, -0.1) is 0 Å². The minimum absolute atomic E-state index is 0.292. The third kappa shape index (κ3) is 2.52. The van der Waals surface area contributed by atoms with Crippen molar-refractivity contribution in [3.8, 4) is 0 Å². The summed E-state index contributed by atoms with van der Waals surface area (Å²) in [6.45, 7) is 0.292. The van der Waals surface area contributed by atoms with E-state index in [2.05, 4.69) is 10.1 Å². The van der Waals surface area contributed by atoms with Crippen molar-refractivity contribution in [2.75, 3.05) is 0 Å². The molecule has 1 aromatic heterocycles. The van der Waals surface area contributed by atoms with Crippen molar-refractivity contribution >= 4 is 23.2 Å². The Kier molecular flexibility index (Phi) is 3.43. The minimum Gasteiger partial charge on any atom is -0.386 e. The predicted octanol–water partition coefficient (Wildman–Crippen LogP) is 2.32. The normalized spacial score (nSPS) is 12.7. The Bertz CT molecular complexity index is 473. The van der Waals surface area contributed by atoms with E-state index >= 15 is 0 Å². The van der Waals surface area contributed by atoms with Crippen molar-refractivity contribution in [3.05, 3.63) is 46.5 Å². The Balaban J connectivity index is 2.20. The third-order valence-electron chi connectivity index (χ3n) is 2.14. The van der Waals surface area contributed by atoms with E-state index in [1.165, 1.54) is 17.3 Å². The Morgan fingerprint density at radius 2 is 2.19 bits per heavy atom. The number of aromatic nitrogens is 3. The molecule has 0 aliphatic rings. The van der Waals surface area contributed by atoms with Gasteiger partial charge in [-0.2, -0.15) is 5.10 Å². The number of aliphatic hydroxyl groups is 1. The van der Waals surface area contributed by atoms with Crippen LogP contribution in [0.2, 0.25) is 10.0 Å². The van der Waals surface area contributed by atoms with Gasteiger partial charge in [0.2, 0.25) is 0 Å². The molecule has 0 radical (unpaired) electrons. The van der Waals surface area contributed by atoms with E-state index in [1.807, 2.05) is 0 Å². The molecule has 0 aliphatic carbocycles. The van der Waals surface area contributed by atoms with Crippen LogP contribution >= 0.6 is 23.2 Å². The summed E-state index contributed by atoms with van der Waals surface area (Å²) in [6, 6.07) is 4.98. The number of rotatable bonds is 3. The highest BCUT2D eigenvalue weighted by Crippen LogP contribution is 2.26. The molecular weight excluding hydrogens is 249 g/mol. The lowest BCUT2D eigenvalue weighted by atomic mass is 10.1. The zero-order valence-corrected chi connectivity index (χ0v) is 9.73. The SMILES string of the molecule is OC(Cn1cncn1)c1cc(Cl)ccc1Cl. The maximum atomic E-state index is 9.97. The largest absolute Gasteiger partial charge is 0.386 e. The molecule has 16 heavy (non-hydrogen) atoms. The molecule has 0 saturated carbocycles. The Morgan fingerprint density at radius 3 is 2.88 bits per heavy atom. The monoisotopic (exact) mass is 257 g/mol. The number of nitrogens with zero attached hydrogens (tertiary/aromatic N) is 3. The highest BCUT2D eigenvalue weighted by Gasteiger charge is 2.13. The van der Waals surface area contributed by atoms with Gasteiger partial charge in [-0.05, 0) is 18.2 Å². The van der Waals surface area contributed by atoms with Crippen LogP contribution in [0.3, 0.4) is 0 Å². The maximum Gasteiger partial charge on any atom is 0.137 e. The molecule has 1 heterocycles. The quantitative estimate of drug-likeness (QED) is 0.919. The van der Waals surface area contributed by atoms with Crippen molar-refractivity contribution in [3.63, 3.8) is 0 Å². The molecule has 0 aliphatic heterocycles. The van der Waals surface area contributed by atoms with Crippen LogP contribution in [0.15, 0.2) is 30.9 Å². The number of hydrogen-bond donors (Lipinski definition) is 1. The second-order valence-corrected chi connectivity index (χ2v) is 4.14. The first-order chi connectivity index (χ1) is 7.66. The van der Waals surface area contributed by atoms with Gasteiger partial charge in [0.15, 0.2) is 0 Å². The summed E-state index contributed by atoms with van der Waals surface area (Å²) in [5.74, 6) is 0. The van der Waals surface area contributed by atoms with Crippen molar-refractivity contribution in [1.82, 2.24) is 14.8 Å². The van der Waals surface area contributed by atoms with Crippen LogP contribution in [-0.2, 0) is 6.54 Å². The zero-order chi connectivity index (χ0) is 11.5. The molecule has 0 bridgehead atoms. The Morgan fingerprint density at radius 1 is 1.38 bits per heavy atom. The van der Waals surface area contributed by atoms with E-state index in [0.717, 1.165) is 0 Å². The first-order valence-corrected chi connectivity index (χ1v) is 5.38. The van der Waals surface area contributed by atoms with E-state index in [-0.39, 0.29) is 0 Å². The molecule has 1 atom stereocenters. The summed E-state index contributed by atoms with van der Waals surface area (Å²) in [4.78, 5) is 3.79. The molecule has 4 nitrogen and oxygen atoms in total. The first-order valence-electron chi connectivity index (χ1n) is 4.62. The average molecular weight is 258 g/mol. The molecular formula is C10H9Cl2N3O. The average Bonchev–Trinajstić information content (AvgIpc) is 2.74. The number of aliphatic hydroxyl groups excluding tert-OH is 1. The molecule has 2 rings (SSSR count). The van der Waals surface area contributed by atoms with E-state index in [4.69, 9.17) is 23.2 Å². The molecule has 0 amide bonds. The van der Waals surface area contributed by atoms with Crippen LogP contribution in [0.5, 0.6) is 0 Å². The van der Waals surface area contributed by atoms with E-state index < -0.39 is 6.10 Å². The summed E-state index contributed by atoms with van der Waals surface area (Å²) < 4.78 is 1.53. The molecule has 1 aromatic carbocycles. The van der Waals surface area contributed by atoms with Gasteiger partial charge in [-0.1, -0.05) is 23.2 Å².